The van der Waals surface area contributed by atoms with E-state index in [2.05, 4.69) is 10.3 Å². The molecule has 1 aromatic heterocycles. The monoisotopic (exact) mass is 544 g/mol. The lowest BCUT2D eigenvalue weighted by atomic mass is 10.00. The molecular weight excluding hydrogens is 516 g/mol. The fraction of sp³-hybridized carbons (Fsp3) is 0.121. The highest BCUT2D eigenvalue weighted by molar-refractivity contribution is 6.20. The minimum atomic E-state index is -1.17. The molecule has 204 valence electrons. The number of anilines is 1. The molecule has 4 aromatic carbocycles. The van der Waals surface area contributed by atoms with Crippen LogP contribution in [-0.2, 0) is 11.3 Å². The quantitative estimate of drug-likeness (QED) is 0.290. The normalized spacial score (nSPS) is 14.7. The molecule has 0 radical (unpaired) electrons. The van der Waals surface area contributed by atoms with Crippen LogP contribution in [0.25, 0.3) is 10.9 Å². The van der Waals surface area contributed by atoms with Crippen LogP contribution < -0.4 is 19.7 Å². The molecule has 0 bridgehead atoms. The summed E-state index contributed by atoms with van der Waals surface area (Å²) in [6.07, 6.45) is -1.17. The maximum atomic E-state index is 14.2. The first-order valence-electron chi connectivity index (χ1n) is 13.2. The van der Waals surface area contributed by atoms with E-state index in [0.717, 1.165) is 27.6 Å². The number of aromatic amines is 1. The van der Waals surface area contributed by atoms with Gasteiger partial charge < -0.3 is 24.7 Å². The van der Waals surface area contributed by atoms with Gasteiger partial charge in [0.1, 0.15) is 5.69 Å². The molecular formula is C33H28N4O4. The van der Waals surface area contributed by atoms with Crippen molar-refractivity contribution in [2.75, 3.05) is 19.1 Å². The molecule has 1 atom stereocenters. The standard InChI is InChI=1S/C33H28N4O4/c1-40-28-17-16-21(18-29(28)41-2)20-37-27-15-9-7-13-24(27)30(22-10-4-3-5-11-22)35-31(33(37)39)36-32(38)26-19-23-12-6-8-14-25(23)34-26/h3-19,31,34H,20H2,1-2H3,(H,36,38)/t31-/m1/s1. The van der Waals surface area contributed by atoms with Crippen LogP contribution in [0.5, 0.6) is 11.5 Å². The Morgan fingerprint density at radius 1 is 0.878 bits per heavy atom. The molecule has 0 aliphatic carbocycles. The van der Waals surface area contributed by atoms with Crippen LogP contribution in [0.3, 0.4) is 0 Å². The number of H-pyrrole nitrogens is 1. The summed E-state index contributed by atoms with van der Waals surface area (Å²) >= 11 is 0. The van der Waals surface area contributed by atoms with Crippen LogP contribution in [-0.4, -0.2) is 42.9 Å². The van der Waals surface area contributed by atoms with Gasteiger partial charge in [0.15, 0.2) is 11.5 Å². The number of para-hydroxylation sites is 2. The van der Waals surface area contributed by atoms with E-state index >= 15 is 0 Å². The maximum Gasteiger partial charge on any atom is 0.272 e. The zero-order valence-electron chi connectivity index (χ0n) is 22.6. The number of nitrogens with zero attached hydrogens (tertiary/aromatic N) is 2. The molecule has 2 heterocycles. The number of hydrogen-bond acceptors (Lipinski definition) is 5. The molecule has 2 N–H and O–H groups in total. The Labute approximate surface area is 237 Å². The predicted octanol–water partition coefficient (Wildman–Crippen LogP) is 5.33. The van der Waals surface area contributed by atoms with Gasteiger partial charge in [-0.15, -0.1) is 0 Å². The van der Waals surface area contributed by atoms with E-state index in [0.29, 0.717) is 28.6 Å². The number of nitrogens with one attached hydrogen (secondary N) is 2. The summed E-state index contributed by atoms with van der Waals surface area (Å²) in [5.41, 5.74) is 4.95. The van der Waals surface area contributed by atoms with Gasteiger partial charge in [0.25, 0.3) is 11.8 Å². The van der Waals surface area contributed by atoms with Crippen LogP contribution in [0.1, 0.15) is 27.2 Å². The number of ether oxygens (including phenoxy) is 2. The molecule has 41 heavy (non-hydrogen) atoms. The topological polar surface area (TPSA) is 96.0 Å². The zero-order chi connectivity index (χ0) is 28.3. The third-order valence-corrected chi connectivity index (χ3v) is 7.09. The number of aromatic nitrogens is 1. The number of hydrogen-bond donors (Lipinski definition) is 2. The number of benzodiazepines with no additional fused rings is 1. The van der Waals surface area contributed by atoms with Crippen molar-refractivity contribution in [1.29, 1.82) is 0 Å². The van der Waals surface area contributed by atoms with Gasteiger partial charge in [0.05, 0.1) is 32.2 Å². The second-order valence-electron chi connectivity index (χ2n) is 9.62. The summed E-state index contributed by atoms with van der Waals surface area (Å²) < 4.78 is 10.9. The van der Waals surface area contributed by atoms with Crippen molar-refractivity contribution >= 4 is 34.1 Å². The third kappa shape index (κ3) is 5.03. The van der Waals surface area contributed by atoms with Crippen molar-refractivity contribution in [3.05, 3.63) is 126 Å². The van der Waals surface area contributed by atoms with E-state index in [1.807, 2.05) is 97.1 Å². The van der Waals surface area contributed by atoms with Crippen LogP contribution >= 0.6 is 0 Å². The highest BCUT2D eigenvalue weighted by atomic mass is 16.5. The maximum absolute atomic E-state index is 14.2. The summed E-state index contributed by atoms with van der Waals surface area (Å²) in [6.45, 7) is 0.229. The molecule has 1 aliphatic heterocycles. The molecule has 0 spiro atoms. The number of aliphatic imine (C=N–C) groups is 1. The second-order valence-corrected chi connectivity index (χ2v) is 9.62. The number of rotatable bonds is 7. The fourth-order valence-electron chi connectivity index (χ4n) is 5.07. The zero-order valence-corrected chi connectivity index (χ0v) is 22.6. The second kappa shape index (κ2) is 11.0. The molecule has 8 nitrogen and oxygen atoms in total. The Morgan fingerprint density at radius 2 is 1.61 bits per heavy atom. The molecule has 2 amide bonds. The summed E-state index contributed by atoms with van der Waals surface area (Å²) in [7, 11) is 3.15. The number of fused-ring (bicyclic) bond motifs is 2. The molecule has 0 fully saturated rings. The first-order valence-corrected chi connectivity index (χ1v) is 13.2. The molecule has 1 aliphatic rings. The van der Waals surface area contributed by atoms with Crippen molar-refractivity contribution in [1.82, 2.24) is 10.3 Å². The van der Waals surface area contributed by atoms with E-state index in [-0.39, 0.29) is 12.5 Å². The Balaban J connectivity index is 1.43. The van der Waals surface area contributed by atoms with Gasteiger partial charge >= 0.3 is 0 Å². The van der Waals surface area contributed by atoms with E-state index < -0.39 is 12.1 Å². The average Bonchev–Trinajstić information content (AvgIpc) is 3.42. The highest BCUT2D eigenvalue weighted by Gasteiger charge is 2.33. The van der Waals surface area contributed by atoms with E-state index in [1.165, 1.54) is 0 Å². The largest absolute Gasteiger partial charge is 0.493 e. The van der Waals surface area contributed by atoms with Crippen molar-refractivity contribution < 1.29 is 19.1 Å². The number of benzene rings is 4. The minimum Gasteiger partial charge on any atom is -0.493 e. The molecule has 6 rings (SSSR count). The summed E-state index contributed by atoms with van der Waals surface area (Å²) in [6, 6.07) is 32.2. The first kappa shape index (κ1) is 25.9. The van der Waals surface area contributed by atoms with Crippen molar-refractivity contribution in [2.24, 2.45) is 4.99 Å². The Bertz CT molecular complexity index is 1740. The average molecular weight is 545 g/mol. The van der Waals surface area contributed by atoms with Gasteiger partial charge in [0.2, 0.25) is 6.17 Å². The lowest BCUT2D eigenvalue weighted by molar-refractivity contribution is -0.120. The minimum absolute atomic E-state index is 0.229. The molecule has 8 heteroatoms. The Hall–Kier alpha value is -5.37. The number of amides is 2. The van der Waals surface area contributed by atoms with Crippen molar-refractivity contribution in [3.63, 3.8) is 0 Å². The smallest absolute Gasteiger partial charge is 0.272 e. The SMILES string of the molecule is COc1ccc(CN2C(=O)[C@@H](NC(=O)c3cc4ccccc4[nH]3)N=C(c3ccccc3)c3ccccc32)cc1OC. The van der Waals surface area contributed by atoms with Crippen molar-refractivity contribution in [2.45, 2.75) is 12.7 Å². The first-order chi connectivity index (χ1) is 20.1. The summed E-state index contributed by atoms with van der Waals surface area (Å²) in [5.74, 6) is 0.373. The van der Waals surface area contributed by atoms with Gasteiger partial charge in [-0.2, -0.15) is 0 Å². The Morgan fingerprint density at radius 3 is 2.39 bits per heavy atom. The number of methoxy groups -OCH3 is 2. The van der Waals surface area contributed by atoms with Gasteiger partial charge in [-0.1, -0.05) is 72.8 Å². The molecule has 0 unspecified atom stereocenters. The molecule has 0 saturated carbocycles. The van der Waals surface area contributed by atoms with Crippen molar-refractivity contribution in [3.8, 4) is 11.5 Å². The van der Waals surface area contributed by atoms with Crippen LogP contribution in [0, 0.1) is 0 Å². The third-order valence-electron chi connectivity index (χ3n) is 7.09. The van der Waals surface area contributed by atoms with Gasteiger partial charge in [-0.05, 0) is 35.9 Å². The number of carbonyl (C=O) groups excluding carboxylic acids is 2. The lowest BCUT2D eigenvalue weighted by Crippen LogP contribution is -2.47. The highest BCUT2D eigenvalue weighted by Crippen LogP contribution is 2.32. The van der Waals surface area contributed by atoms with Crippen LogP contribution in [0.15, 0.2) is 108 Å². The van der Waals surface area contributed by atoms with Crippen LogP contribution in [0.4, 0.5) is 5.69 Å². The van der Waals surface area contributed by atoms with E-state index in [1.54, 1.807) is 25.2 Å². The number of carbonyl (C=O) groups is 2. The molecule has 5 aromatic rings. The predicted molar refractivity (Wildman–Crippen MR) is 159 cm³/mol. The van der Waals surface area contributed by atoms with Gasteiger partial charge in [-0.3, -0.25) is 9.59 Å². The molecule has 0 saturated heterocycles. The fourth-order valence-corrected chi connectivity index (χ4v) is 5.07. The van der Waals surface area contributed by atoms with E-state index in [4.69, 9.17) is 14.5 Å². The summed E-state index contributed by atoms with van der Waals surface area (Å²) in [4.78, 5) is 37.4. The lowest BCUT2D eigenvalue weighted by Gasteiger charge is -2.26. The summed E-state index contributed by atoms with van der Waals surface area (Å²) in [5, 5.41) is 3.79. The Kier molecular flexibility index (Phi) is 6.95. The van der Waals surface area contributed by atoms with Crippen LogP contribution in [0.2, 0.25) is 0 Å². The van der Waals surface area contributed by atoms with Gasteiger partial charge in [0, 0.05) is 22.0 Å². The van der Waals surface area contributed by atoms with Gasteiger partial charge in [-0.25, -0.2) is 4.99 Å². The van der Waals surface area contributed by atoms with E-state index in [9.17, 15) is 9.59 Å².